The van der Waals surface area contributed by atoms with E-state index in [0.717, 1.165) is 6.54 Å². The Hall–Kier alpha value is -0.340. The van der Waals surface area contributed by atoms with E-state index in [-0.39, 0.29) is 0 Å². The predicted octanol–water partition coefficient (Wildman–Crippen LogP) is 3.87. The molecule has 2 rings (SSSR count). The van der Waals surface area contributed by atoms with Gasteiger partial charge < -0.3 is 5.32 Å². The Morgan fingerprint density at radius 3 is 3.00 bits per heavy atom. The van der Waals surface area contributed by atoms with Gasteiger partial charge in [-0.1, -0.05) is 35.8 Å². The maximum atomic E-state index is 3.56. The smallest absolute Gasteiger partial charge is 0.0178 e. The highest BCUT2D eigenvalue weighted by atomic mass is 79.9. The summed E-state index contributed by atoms with van der Waals surface area (Å²) in [6.07, 6.45) is 3.90. The average molecular weight is 282 g/mol. The fraction of sp³-hybridized carbons (Fsp3) is 0.571. The molecule has 1 aliphatic carbocycles. The zero-order chi connectivity index (χ0) is 11.5. The van der Waals surface area contributed by atoms with Crippen LogP contribution in [0.5, 0.6) is 0 Å². The van der Waals surface area contributed by atoms with Gasteiger partial charge in [0.2, 0.25) is 0 Å². The van der Waals surface area contributed by atoms with Gasteiger partial charge in [0.1, 0.15) is 0 Å². The molecule has 0 bridgehead atoms. The minimum atomic E-state index is 0.584. The van der Waals surface area contributed by atoms with Gasteiger partial charge in [-0.15, -0.1) is 0 Å². The van der Waals surface area contributed by atoms with Crippen LogP contribution in [0.3, 0.4) is 0 Å². The molecule has 16 heavy (non-hydrogen) atoms. The summed E-state index contributed by atoms with van der Waals surface area (Å²) in [7, 11) is 0. The summed E-state index contributed by atoms with van der Waals surface area (Å²) in [6.45, 7) is 5.54. The summed E-state index contributed by atoms with van der Waals surface area (Å²) in [6, 6.07) is 7.34. The number of halogens is 1. The summed E-state index contributed by atoms with van der Waals surface area (Å²) >= 11 is 3.56. The number of benzene rings is 1. The van der Waals surface area contributed by atoms with Crippen molar-refractivity contribution in [3.8, 4) is 0 Å². The lowest BCUT2D eigenvalue weighted by atomic mass is 9.83. The Morgan fingerprint density at radius 1 is 1.44 bits per heavy atom. The topological polar surface area (TPSA) is 12.0 Å². The lowest BCUT2D eigenvalue weighted by Crippen LogP contribution is -2.29. The third-order valence-corrected chi connectivity index (χ3v) is 3.81. The standard InChI is InChI=1S/C14H20BrN/c1-10(2)16-9-12-5-3-4-11-8-13(15)6-7-14(11)12/h6-8,10,12,16H,3-5,9H2,1-2H3. The van der Waals surface area contributed by atoms with Gasteiger partial charge in [-0.2, -0.15) is 0 Å². The van der Waals surface area contributed by atoms with Gasteiger partial charge in [-0.05, 0) is 48.4 Å². The maximum absolute atomic E-state index is 3.56. The van der Waals surface area contributed by atoms with E-state index in [9.17, 15) is 0 Å². The Labute approximate surface area is 107 Å². The molecule has 1 N–H and O–H groups in total. The molecule has 0 aliphatic heterocycles. The van der Waals surface area contributed by atoms with Crippen molar-refractivity contribution in [1.82, 2.24) is 5.32 Å². The molecule has 0 saturated heterocycles. The lowest BCUT2D eigenvalue weighted by Gasteiger charge is -2.26. The SMILES string of the molecule is CC(C)NCC1CCCc2cc(Br)ccc21. The lowest BCUT2D eigenvalue weighted by molar-refractivity contribution is 0.479. The molecule has 88 valence electrons. The van der Waals surface area contributed by atoms with Crippen molar-refractivity contribution in [3.63, 3.8) is 0 Å². The molecule has 0 spiro atoms. The monoisotopic (exact) mass is 281 g/mol. The summed E-state index contributed by atoms with van der Waals surface area (Å²) in [5.74, 6) is 0.708. The summed E-state index contributed by atoms with van der Waals surface area (Å²) in [4.78, 5) is 0. The third kappa shape index (κ3) is 2.86. The van der Waals surface area contributed by atoms with Gasteiger partial charge in [-0.3, -0.25) is 0 Å². The van der Waals surface area contributed by atoms with Crippen LogP contribution in [0.15, 0.2) is 22.7 Å². The van der Waals surface area contributed by atoms with E-state index < -0.39 is 0 Å². The van der Waals surface area contributed by atoms with Gasteiger partial charge in [0.25, 0.3) is 0 Å². The van der Waals surface area contributed by atoms with Crippen molar-refractivity contribution >= 4 is 15.9 Å². The van der Waals surface area contributed by atoms with Gasteiger partial charge in [0.05, 0.1) is 0 Å². The molecule has 0 amide bonds. The van der Waals surface area contributed by atoms with E-state index in [4.69, 9.17) is 0 Å². The maximum Gasteiger partial charge on any atom is 0.0178 e. The van der Waals surface area contributed by atoms with Crippen molar-refractivity contribution in [2.45, 2.75) is 45.1 Å². The van der Waals surface area contributed by atoms with E-state index >= 15 is 0 Å². The second kappa shape index (κ2) is 5.33. The minimum absolute atomic E-state index is 0.584. The van der Waals surface area contributed by atoms with Crippen LogP contribution in [0.1, 0.15) is 43.7 Å². The van der Waals surface area contributed by atoms with Crippen LogP contribution in [0.4, 0.5) is 0 Å². The Kier molecular flexibility index (Phi) is 4.04. The van der Waals surface area contributed by atoms with Crippen molar-refractivity contribution in [2.75, 3.05) is 6.54 Å². The molecule has 1 aliphatic rings. The minimum Gasteiger partial charge on any atom is -0.314 e. The van der Waals surface area contributed by atoms with Crippen molar-refractivity contribution < 1.29 is 0 Å². The first-order valence-corrected chi connectivity index (χ1v) is 6.98. The molecule has 1 atom stereocenters. The number of hydrogen-bond acceptors (Lipinski definition) is 1. The van der Waals surface area contributed by atoms with Gasteiger partial charge in [-0.25, -0.2) is 0 Å². The number of aryl methyl sites for hydroxylation is 1. The summed E-state index contributed by atoms with van der Waals surface area (Å²) in [5, 5.41) is 3.56. The molecule has 0 aromatic heterocycles. The molecule has 1 unspecified atom stereocenters. The van der Waals surface area contributed by atoms with Crippen LogP contribution in [0.25, 0.3) is 0 Å². The molecule has 0 fully saturated rings. The molecule has 1 aromatic rings. The largest absolute Gasteiger partial charge is 0.314 e. The highest BCUT2D eigenvalue weighted by Crippen LogP contribution is 2.32. The molecule has 1 aromatic carbocycles. The first-order valence-electron chi connectivity index (χ1n) is 6.18. The van der Waals surface area contributed by atoms with Gasteiger partial charge in [0, 0.05) is 17.1 Å². The molecular formula is C14H20BrN. The van der Waals surface area contributed by atoms with Crippen LogP contribution in [0, 0.1) is 0 Å². The normalized spacial score (nSPS) is 19.9. The Bertz CT molecular complexity index is 360. The molecule has 1 nitrogen and oxygen atoms in total. The van der Waals surface area contributed by atoms with Crippen LogP contribution >= 0.6 is 15.9 Å². The summed E-state index contributed by atoms with van der Waals surface area (Å²) in [5.41, 5.74) is 3.10. The zero-order valence-electron chi connectivity index (χ0n) is 10.1. The van der Waals surface area contributed by atoms with Crippen molar-refractivity contribution in [1.29, 1.82) is 0 Å². The van der Waals surface area contributed by atoms with E-state index in [1.165, 1.54) is 29.3 Å². The molecule has 0 saturated carbocycles. The Morgan fingerprint density at radius 2 is 2.25 bits per heavy atom. The number of hydrogen-bond donors (Lipinski definition) is 1. The Balaban J connectivity index is 2.13. The van der Waals surface area contributed by atoms with E-state index in [1.807, 2.05) is 0 Å². The fourth-order valence-electron chi connectivity index (χ4n) is 2.47. The quantitative estimate of drug-likeness (QED) is 0.887. The summed E-state index contributed by atoms with van der Waals surface area (Å²) < 4.78 is 1.21. The van der Waals surface area contributed by atoms with Gasteiger partial charge in [0.15, 0.2) is 0 Å². The van der Waals surface area contributed by atoms with Crippen LogP contribution < -0.4 is 5.32 Å². The van der Waals surface area contributed by atoms with Crippen LogP contribution in [0.2, 0.25) is 0 Å². The molecule has 0 radical (unpaired) electrons. The first-order chi connectivity index (χ1) is 7.66. The highest BCUT2D eigenvalue weighted by molar-refractivity contribution is 9.10. The molecular weight excluding hydrogens is 262 g/mol. The average Bonchev–Trinajstić information content (AvgIpc) is 2.25. The van der Waals surface area contributed by atoms with Crippen LogP contribution in [-0.4, -0.2) is 12.6 Å². The van der Waals surface area contributed by atoms with E-state index in [0.29, 0.717) is 12.0 Å². The van der Waals surface area contributed by atoms with Crippen molar-refractivity contribution in [3.05, 3.63) is 33.8 Å². The van der Waals surface area contributed by atoms with Crippen molar-refractivity contribution in [2.24, 2.45) is 0 Å². The molecule has 0 heterocycles. The van der Waals surface area contributed by atoms with E-state index in [1.54, 1.807) is 5.56 Å². The zero-order valence-corrected chi connectivity index (χ0v) is 11.7. The molecule has 2 heteroatoms. The van der Waals surface area contributed by atoms with Crippen LogP contribution in [-0.2, 0) is 6.42 Å². The fourth-order valence-corrected chi connectivity index (χ4v) is 2.88. The second-order valence-corrected chi connectivity index (χ2v) is 5.91. The second-order valence-electron chi connectivity index (χ2n) is 5.00. The number of nitrogens with one attached hydrogen (secondary N) is 1. The highest BCUT2D eigenvalue weighted by Gasteiger charge is 2.19. The van der Waals surface area contributed by atoms with E-state index in [2.05, 4.69) is 53.3 Å². The predicted molar refractivity (Wildman–Crippen MR) is 73.0 cm³/mol. The first kappa shape index (κ1) is 12.1. The number of fused-ring (bicyclic) bond motifs is 1. The third-order valence-electron chi connectivity index (χ3n) is 3.32. The number of rotatable bonds is 3. The van der Waals surface area contributed by atoms with Gasteiger partial charge >= 0.3 is 0 Å².